The summed E-state index contributed by atoms with van der Waals surface area (Å²) in [7, 11) is 0. The molecule has 162 valence electrons. The Morgan fingerprint density at radius 1 is 1.30 bits per heavy atom. The molecule has 1 aliphatic rings. The van der Waals surface area contributed by atoms with E-state index in [2.05, 4.69) is 15.6 Å². The molecule has 0 spiro atoms. The van der Waals surface area contributed by atoms with Crippen LogP contribution in [-0.4, -0.2) is 63.2 Å². The van der Waals surface area contributed by atoms with Crippen LogP contribution in [0.1, 0.15) is 31.2 Å². The van der Waals surface area contributed by atoms with Crippen molar-refractivity contribution in [3.8, 4) is 0 Å². The van der Waals surface area contributed by atoms with Crippen molar-refractivity contribution in [1.29, 1.82) is 0 Å². The summed E-state index contributed by atoms with van der Waals surface area (Å²) in [5, 5.41) is 24.4. The number of carbonyl (C=O) groups is 3. The second-order valence-corrected chi connectivity index (χ2v) is 7.70. The Balaban J connectivity index is 1.57. The van der Waals surface area contributed by atoms with Gasteiger partial charge in [-0.15, -0.1) is 0 Å². The lowest BCUT2D eigenvalue weighted by atomic mass is 9.98. The molecule has 2 atom stereocenters. The van der Waals surface area contributed by atoms with Gasteiger partial charge in [0.15, 0.2) is 0 Å². The Bertz CT molecular complexity index is 931. The van der Waals surface area contributed by atoms with E-state index in [-0.39, 0.29) is 18.9 Å². The average molecular weight is 437 g/mol. The molecule has 0 bridgehead atoms. The third-order valence-electron chi connectivity index (χ3n) is 5.26. The van der Waals surface area contributed by atoms with Crippen LogP contribution in [-0.2, 0) is 16.1 Å². The van der Waals surface area contributed by atoms with Crippen LogP contribution in [0.2, 0.25) is 5.02 Å². The molecule has 5 N–H and O–H groups in total. The van der Waals surface area contributed by atoms with Gasteiger partial charge in [-0.05, 0) is 43.4 Å². The first-order valence-corrected chi connectivity index (χ1v) is 10.2. The lowest BCUT2D eigenvalue weighted by molar-refractivity contribution is -0.149. The largest absolute Gasteiger partial charge is 0.465 e. The fourth-order valence-electron chi connectivity index (χ4n) is 3.54. The predicted molar refractivity (Wildman–Crippen MR) is 111 cm³/mol. The molecule has 10 heteroatoms. The second-order valence-electron chi connectivity index (χ2n) is 7.29. The van der Waals surface area contributed by atoms with E-state index in [0.29, 0.717) is 37.4 Å². The van der Waals surface area contributed by atoms with Crippen LogP contribution in [0.4, 0.5) is 4.79 Å². The van der Waals surface area contributed by atoms with E-state index in [1.807, 2.05) is 18.2 Å². The molecule has 2 heterocycles. The number of amides is 3. The molecule has 3 amide bonds. The summed E-state index contributed by atoms with van der Waals surface area (Å²) in [6.45, 7) is 0.671. The quantitative estimate of drug-likeness (QED) is 0.382. The highest BCUT2D eigenvalue weighted by atomic mass is 35.5. The first kappa shape index (κ1) is 21.9. The van der Waals surface area contributed by atoms with E-state index >= 15 is 0 Å². The van der Waals surface area contributed by atoms with Gasteiger partial charge in [0.1, 0.15) is 12.1 Å². The summed E-state index contributed by atoms with van der Waals surface area (Å²) in [6, 6.07) is 4.12. The minimum atomic E-state index is -1.29. The molecule has 0 aliphatic carbocycles. The maximum atomic E-state index is 12.7. The Kier molecular flexibility index (Phi) is 7.17. The van der Waals surface area contributed by atoms with Crippen LogP contribution in [0.5, 0.6) is 0 Å². The van der Waals surface area contributed by atoms with Gasteiger partial charge >= 0.3 is 6.09 Å². The van der Waals surface area contributed by atoms with E-state index in [9.17, 15) is 14.4 Å². The van der Waals surface area contributed by atoms with E-state index in [1.54, 1.807) is 6.20 Å². The minimum Gasteiger partial charge on any atom is -0.465 e. The summed E-state index contributed by atoms with van der Waals surface area (Å²) in [4.78, 5) is 40.8. The molecule has 1 fully saturated rings. The highest BCUT2D eigenvalue weighted by Gasteiger charge is 2.40. The molecule has 1 aromatic carbocycles. The molecule has 30 heavy (non-hydrogen) atoms. The van der Waals surface area contributed by atoms with Crippen molar-refractivity contribution >= 4 is 40.4 Å². The maximum absolute atomic E-state index is 12.7. The number of aromatic nitrogens is 1. The van der Waals surface area contributed by atoms with E-state index in [1.165, 1.54) is 4.90 Å². The van der Waals surface area contributed by atoms with E-state index in [4.69, 9.17) is 21.8 Å². The predicted octanol–water partition coefficient (Wildman–Crippen LogP) is 1.84. The topological polar surface area (TPSA) is 135 Å². The van der Waals surface area contributed by atoms with Crippen LogP contribution in [0.25, 0.3) is 10.9 Å². The van der Waals surface area contributed by atoms with Crippen molar-refractivity contribution in [2.24, 2.45) is 0 Å². The average Bonchev–Trinajstić information content (AvgIpc) is 3.05. The molecular formula is C20H25ClN4O5. The summed E-state index contributed by atoms with van der Waals surface area (Å²) in [5.74, 6) is -0.693. The van der Waals surface area contributed by atoms with Crippen molar-refractivity contribution in [3.05, 3.63) is 35.0 Å². The number of hydrogen-bond acceptors (Lipinski definition) is 4. The van der Waals surface area contributed by atoms with Crippen LogP contribution in [0.15, 0.2) is 24.4 Å². The summed E-state index contributed by atoms with van der Waals surface area (Å²) in [5.41, 5.74) is 1.79. The highest BCUT2D eigenvalue weighted by molar-refractivity contribution is 6.35. The molecule has 2 aromatic rings. The highest BCUT2D eigenvalue weighted by Crippen LogP contribution is 2.24. The van der Waals surface area contributed by atoms with Gasteiger partial charge in [0.05, 0.1) is 5.02 Å². The zero-order valence-corrected chi connectivity index (χ0v) is 17.1. The van der Waals surface area contributed by atoms with Crippen molar-refractivity contribution in [1.82, 2.24) is 20.5 Å². The second kappa shape index (κ2) is 9.82. The number of fused-ring (bicyclic) bond motifs is 1. The third-order valence-corrected chi connectivity index (χ3v) is 5.58. The van der Waals surface area contributed by atoms with Crippen LogP contribution >= 0.6 is 11.6 Å². The maximum Gasteiger partial charge on any atom is 0.405 e. The molecular weight excluding hydrogens is 412 g/mol. The number of benzene rings is 1. The number of rotatable bonds is 9. The Morgan fingerprint density at radius 2 is 2.10 bits per heavy atom. The number of nitrogens with zero attached hydrogens (tertiary/aromatic N) is 1. The smallest absolute Gasteiger partial charge is 0.405 e. The number of halogens is 1. The number of hydrogen-bond donors (Lipinski definition) is 5. The van der Waals surface area contributed by atoms with Crippen molar-refractivity contribution in [3.63, 3.8) is 0 Å². The Labute approximate surface area is 178 Å². The fraction of sp³-hybridized carbons (Fsp3) is 0.450. The summed E-state index contributed by atoms with van der Waals surface area (Å²) in [6.07, 6.45) is 2.18. The van der Waals surface area contributed by atoms with Crippen molar-refractivity contribution < 1.29 is 24.6 Å². The van der Waals surface area contributed by atoms with Gasteiger partial charge in [0.2, 0.25) is 11.8 Å². The molecule has 9 nitrogen and oxygen atoms in total. The first-order chi connectivity index (χ1) is 14.4. The zero-order chi connectivity index (χ0) is 21.7. The first-order valence-electron chi connectivity index (χ1n) is 9.84. The van der Waals surface area contributed by atoms with Crippen molar-refractivity contribution in [2.45, 2.75) is 44.3 Å². The number of H-pyrrole nitrogens is 1. The fourth-order valence-corrected chi connectivity index (χ4v) is 3.75. The normalized spacial score (nSPS) is 16.7. The molecule has 1 aromatic heterocycles. The number of likely N-dealkylation sites (tertiary alicyclic amines) is 1. The van der Waals surface area contributed by atoms with Gasteiger partial charge in [0, 0.05) is 36.8 Å². The van der Waals surface area contributed by atoms with Gasteiger partial charge in [-0.2, -0.15) is 0 Å². The third kappa shape index (κ3) is 5.03. The Hall–Kier alpha value is -2.78. The number of aliphatic hydroxyl groups is 1. The summed E-state index contributed by atoms with van der Waals surface area (Å²) >= 11 is 6.13. The number of aliphatic hydroxyl groups excluding tert-OH is 1. The van der Waals surface area contributed by atoms with Gasteiger partial charge in [-0.1, -0.05) is 17.7 Å². The zero-order valence-electron chi connectivity index (χ0n) is 16.4. The molecule has 3 rings (SSSR count). The monoisotopic (exact) mass is 436 g/mol. The lowest BCUT2D eigenvalue weighted by Gasteiger charge is -2.41. The van der Waals surface area contributed by atoms with Gasteiger partial charge in [-0.3, -0.25) is 9.59 Å². The molecule has 1 saturated heterocycles. The number of carbonyl (C=O) groups excluding carboxylic acids is 2. The van der Waals surface area contributed by atoms with E-state index in [0.717, 1.165) is 16.5 Å². The Morgan fingerprint density at radius 3 is 2.77 bits per heavy atom. The van der Waals surface area contributed by atoms with Crippen LogP contribution in [0.3, 0.4) is 0 Å². The lowest BCUT2D eigenvalue weighted by Crippen LogP contribution is -2.62. The number of carboxylic acid groups (broad SMARTS) is 1. The molecule has 0 radical (unpaired) electrons. The van der Waals surface area contributed by atoms with Crippen LogP contribution < -0.4 is 10.6 Å². The minimum absolute atomic E-state index is 0.0253. The SMILES string of the molecule is O=C(O)NC(CCCCO)C(=O)N1CC[C@H]1C(=O)NCc1ccc2[nH]cc(Cl)c2c1. The number of aromatic amines is 1. The van der Waals surface area contributed by atoms with Crippen molar-refractivity contribution in [2.75, 3.05) is 13.2 Å². The molecule has 1 unspecified atom stereocenters. The standard InChI is InChI=1S/C20H25ClN4O5/c21-14-11-22-15-5-4-12(9-13(14)15)10-23-18(27)17-6-7-25(17)19(28)16(24-20(29)30)3-1-2-8-26/h4-5,9,11,16-17,22,24,26H,1-3,6-8,10H2,(H,23,27)(H,29,30)/t16?,17-/m0/s1. The number of unbranched alkanes of at least 4 members (excludes halogenated alkanes) is 1. The van der Waals surface area contributed by atoms with Crippen LogP contribution in [0, 0.1) is 0 Å². The van der Waals surface area contributed by atoms with Gasteiger partial charge < -0.3 is 30.7 Å². The van der Waals surface area contributed by atoms with Gasteiger partial charge in [0.25, 0.3) is 0 Å². The molecule has 1 aliphatic heterocycles. The molecule has 0 saturated carbocycles. The van der Waals surface area contributed by atoms with Gasteiger partial charge in [-0.25, -0.2) is 4.79 Å². The summed E-state index contributed by atoms with van der Waals surface area (Å²) < 4.78 is 0. The number of nitrogens with one attached hydrogen (secondary N) is 3. The van der Waals surface area contributed by atoms with E-state index < -0.39 is 24.1 Å².